The Labute approximate surface area is 66.2 Å². The Morgan fingerprint density at radius 1 is 1.82 bits per heavy atom. The number of carbonyl (C=O) groups excluding carboxylic acids is 1. The summed E-state index contributed by atoms with van der Waals surface area (Å²) in [6, 6.07) is 0. The highest BCUT2D eigenvalue weighted by Crippen LogP contribution is 2.28. The van der Waals surface area contributed by atoms with Crippen LogP contribution < -0.4 is 5.73 Å². The summed E-state index contributed by atoms with van der Waals surface area (Å²) in [6.07, 6.45) is 3.85. The summed E-state index contributed by atoms with van der Waals surface area (Å²) in [7, 11) is 0. The van der Waals surface area contributed by atoms with Crippen LogP contribution in [0.15, 0.2) is 12.7 Å². The van der Waals surface area contributed by atoms with Crippen LogP contribution in [0.5, 0.6) is 0 Å². The predicted octanol–water partition coefficient (Wildman–Crippen LogP) is 0.597. The molecule has 1 fully saturated rings. The standard InChI is InChI=1S/C8H13NO2/c1-2-4-8(7(9)10)5-3-6-11-8/h2H,1,3-6H2,(H2,9,10). The van der Waals surface area contributed by atoms with Gasteiger partial charge in [0.1, 0.15) is 5.60 Å². The molecular weight excluding hydrogens is 142 g/mol. The largest absolute Gasteiger partial charge is 0.367 e. The van der Waals surface area contributed by atoms with Crippen molar-refractivity contribution in [1.29, 1.82) is 0 Å². The lowest BCUT2D eigenvalue weighted by atomic mass is 9.95. The molecule has 1 atom stereocenters. The fourth-order valence-electron chi connectivity index (χ4n) is 1.39. The molecule has 1 rings (SSSR count). The smallest absolute Gasteiger partial charge is 0.250 e. The fraction of sp³-hybridized carbons (Fsp3) is 0.625. The Bertz CT molecular complexity index is 171. The first-order chi connectivity index (χ1) is 5.21. The maximum atomic E-state index is 11.0. The molecule has 1 aliphatic heterocycles. The molecular formula is C8H13NO2. The number of primary amides is 1. The van der Waals surface area contributed by atoms with E-state index in [2.05, 4.69) is 6.58 Å². The minimum atomic E-state index is -0.734. The Hall–Kier alpha value is -0.830. The van der Waals surface area contributed by atoms with Crippen LogP contribution in [0.1, 0.15) is 19.3 Å². The van der Waals surface area contributed by atoms with Gasteiger partial charge in [-0.15, -0.1) is 6.58 Å². The van der Waals surface area contributed by atoms with Gasteiger partial charge in [0, 0.05) is 13.0 Å². The highest BCUT2D eigenvalue weighted by Gasteiger charge is 2.39. The summed E-state index contributed by atoms with van der Waals surface area (Å²) in [5.41, 5.74) is 4.47. The Morgan fingerprint density at radius 3 is 2.91 bits per heavy atom. The van der Waals surface area contributed by atoms with Crippen LogP contribution in [0.4, 0.5) is 0 Å². The van der Waals surface area contributed by atoms with Gasteiger partial charge in [0.15, 0.2) is 0 Å². The normalized spacial score (nSPS) is 30.2. The fourth-order valence-corrected chi connectivity index (χ4v) is 1.39. The molecule has 0 aliphatic carbocycles. The topological polar surface area (TPSA) is 52.3 Å². The molecule has 0 spiro atoms. The lowest BCUT2D eigenvalue weighted by Crippen LogP contribution is -2.42. The van der Waals surface area contributed by atoms with Gasteiger partial charge in [0.05, 0.1) is 0 Å². The number of hydrogen-bond acceptors (Lipinski definition) is 2. The van der Waals surface area contributed by atoms with Crippen LogP contribution in [0.3, 0.4) is 0 Å². The van der Waals surface area contributed by atoms with Crippen molar-refractivity contribution in [2.24, 2.45) is 5.73 Å². The molecule has 1 saturated heterocycles. The van der Waals surface area contributed by atoms with Crippen molar-refractivity contribution < 1.29 is 9.53 Å². The molecule has 0 bridgehead atoms. The van der Waals surface area contributed by atoms with E-state index in [1.165, 1.54) is 0 Å². The van der Waals surface area contributed by atoms with E-state index in [0.717, 1.165) is 12.8 Å². The average molecular weight is 155 g/mol. The van der Waals surface area contributed by atoms with Crippen LogP contribution in [0.2, 0.25) is 0 Å². The SMILES string of the molecule is C=CCC1(C(N)=O)CCCO1. The monoisotopic (exact) mass is 155 g/mol. The molecule has 3 heteroatoms. The first-order valence-electron chi connectivity index (χ1n) is 3.76. The quantitative estimate of drug-likeness (QED) is 0.607. The van der Waals surface area contributed by atoms with Crippen molar-refractivity contribution in [1.82, 2.24) is 0 Å². The van der Waals surface area contributed by atoms with Crippen molar-refractivity contribution in [2.45, 2.75) is 24.9 Å². The van der Waals surface area contributed by atoms with E-state index in [-0.39, 0.29) is 5.91 Å². The molecule has 0 radical (unpaired) electrons. The summed E-state index contributed by atoms with van der Waals surface area (Å²) in [4.78, 5) is 11.0. The number of hydrogen-bond donors (Lipinski definition) is 1. The second-order valence-electron chi connectivity index (χ2n) is 2.80. The first kappa shape index (κ1) is 8.27. The molecule has 0 aromatic heterocycles. The molecule has 0 saturated carbocycles. The molecule has 2 N–H and O–H groups in total. The molecule has 11 heavy (non-hydrogen) atoms. The Kier molecular flexibility index (Phi) is 2.29. The molecule has 0 aromatic carbocycles. The minimum Gasteiger partial charge on any atom is -0.367 e. The highest BCUT2D eigenvalue weighted by atomic mass is 16.5. The molecule has 62 valence electrons. The van der Waals surface area contributed by atoms with Gasteiger partial charge < -0.3 is 10.5 Å². The van der Waals surface area contributed by atoms with E-state index in [4.69, 9.17) is 10.5 Å². The van der Waals surface area contributed by atoms with E-state index in [9.17, 15) is 4.79 Å². The van der Waals surface area contributed by atoms with Crippen molar-refractivity contribution >= 4 is 5.91 Å². The number of rotatable bonds is 3. The van der Waals surface area contributed by atoms with E-state index in [1.807, 2.05) is 0 Å². The van der Waals surface area contributed by atoms with E-state index >= 15 is 0 Å². The minimum absolute atomic E-state index is 0.366. The summed E-state index contributed by atoms with van der Waals surface area (Å²) in [6.45, 7) is 4.20. The van der Waals surface area contributed by atoms with Gasteiger partial charge >= 0.3 is 0 Å². The summed E-state index contributed by atoms with van der Waals surface area (Å²) in [5, 5.41) is 0. The molecule has 1 unspecified atom stereocenters. The zero-order valence-corrected chi connectivity index (χ0v) is 6.51. The molecule has 1 heterocycles. The molecule has 0 aromatic rings. The number of nitrogens with two attached hydrogens (primary N) is 1. The third-order valence-corrected chi connectivity index (χ3v) is 2.03. The van der Waals surface area contributed by atoms with Gasteiger partial charge in [-0.05, 0) is 12.8 Å². The number of amides is 1. The van der Waals surface area contributed by atoms with Crippen molar-refractivity contribution in [3.05, 3.63) is 12.7 Å². The van der Waals surface area contributed by atoms with Crippen LogP contribution >= 0.6 is 0 Å². The lowest BCUT2D eigenvalue weighted by molar-refractivity contribution is -0.137. The maximum Gasteiger partial charge on any atom is 0.250 e. The summed E-state index contributed by atoms with van der Waals surface area (Å²) < 4.78 is 5.30. The average Bonchev–Trinajstić information content (AvgIpc) is 2.38. The molecule has 3 nitrogen and oxygen atoms in total. The van der Waals surface area contributed by atoms with Crippen molar-refractivity contribution in [2.75, 3.05) is 6.61 Å². The van der Waals surface area contributed by atoms with Gasteiger partial charge in [-0.3, -0.25) is 4.79 Å². The van der Waals surface area contributed by atoms with Crippen LogP contribution in [-0.4, -0.2) is 18.1 Å². The van der Waals surface area contributed by atoms with Gasteiger partial charge in [0.25, 0.3) is 0 Å². The highest BCUT2D eigenvalue weighted by molar-refractivity contribution is 5.83. The summed E-state index contributed by atoms with van der Waals surface area (Å²) >= 11 is 0. The number of ether oxygens (including phenoxy) is 1. The Morgan fingerprint density at radius 2 is 2.55 bits per heavy atom. The van der Waals surface area contributed by atoms with Gasteiger partial charge in [-0.1, -0.05) is 6.08 Å². The third kappa shape index (κ3) is 1.43. The maximum absolute atomic E-state index is 11.0. The van der Waals surface area contributed by atoms with E-state index < -0.39 is 5.60 Å². The first-order valence-corrected chi connectivity index (χ1v) is 3.76. The molecule has 1 aliphatic rings. The van der Waals surface area contributed by atoms with Gasteiger partial charge in [-0.2, -0.15) is 0 Å². The zero-order chi connectivity index (χ0) is 8.32. The molecule has 1 amide bonds. The van der Waals surface area contributed by atoms with Crippen LogP contribution in [0.25, 0.3) is 0 Å². The number of carbonyl (C=O) groups is 1. The van der Waals surface area contributed by atoms with Crippen molar-refractivity contribution in [3.63, 3.8) is 0 Å². The third-order valence-electron chi connectivity index (χ3n) is 2.03. The van der Waals surface area contributed by atoms with Crippen molar-refractivity contribution in [3.8, 4) is 0 Å². The summed E-state index contributed by atoms with van der Waals surface area (Å²) in [5.74, 6) is -0.366. The van der Waals surface area contributed by atoms with Gasteiger partial charge in [0.2, 0.25) is 5.91 Å². The van der Waals surface area contributed by atoms with Gasteiger partial charge in [-0.25, -0.2) is 0 Å². The second kappa shape index (κ2) is 3.05. The van der Waals surface area contributed by atoms with Crippen LogP contribution in [-0.2, 0) is 9.53 Å². The van der Waals surface area contributed by atoms with E-state index in [0.29, 0.717) is 13.0 Å². The van der Waals surface area contributed by atoms with E-state index in [1.54, 1.807) is 6.08 Å². The Balaban J connectivity index is 2.69. The predicted molar refractivity (Wildman–Crippen MR) is 41.9 cm³/mol. The second-order valence-corrected chi connectivity index (χ2v) is 2.80. The van der Waals surface area contributed by atoms with Crippen LogP contribution in [0, 0.1) is 0 Å². The lowest BCUT2D eigenvalue weighted by Gasteiger charge is -2.22. The zero-order valence-electron chi connectivity index (χ0n) is 6.51.